The molecule has 2 N–H and O–H groups in total. The number of carbonyl (C=O) groups is 1. The maximum atomic E-state index is 11.4. The Morgan fingerprint density at radius 1 is 1.35 bits per heavy atom. The van der Waals surface area contributed by atoms with Gasteiger partial charge in [0.25, 0.3) is 0 Å². The molecule has 0 aliphatic heterocycles. The van der Waals surface area contributed by atoms with Crippen molar-refractivity contribution in [2.45, 2.75) is 26.4 Å². The van der Waals surface area contributed by atoms with Gasteiger partial charge in [0.15, 0.2) is 0 Å². The predicted octanol–water partition coefficient (Wildman–Crippen LogP) is 2.64. The van der Waals surface area contributed by atoms with Gasteiger partial charge in [-0.05, 0) is 26.0 Å². The van der Waals surface area contributed by atoms with Crippen LogP contribution in [0.5, 0.6) is 0 Å². The van der Waals surface area contributed by atoms with Crippen molar-refractivity contribution in [3.63, 3.8) is 0 Å². The SMILES string of the molecule is CC(C)NC(=O)NCc1cc2ccccc2o1. The minimum Gasteiger partial charge on any atom is -0.459 e. The lowest BCUT2D eigenvalue weighted by atomic mass is 10.2. The van der Waals surface area contributed by atoms with E-state index in [0.717, 1.165) is 16.7 Å². The summed E-state index contributed by atoms with van der Waals surface area (Å²) < 4.78 is 5.58. The molecule has 90 valence electrons. The Balaban J connectivity index is 1.97. The summed E-state index contributed by atoms with van der Waals surface area (Å²) in [6, 6.07) is 9.66. The van der Waals surface area contributed by atoms with E-state index in [4.69, 9.17) is 4.42 Å². The van der Waals surface area contributed by atoms with Crippen LogP contribution >= 0.6 is 0 Å². The Kier molecular flexibility index (Phi) is 3.32. The van der Waals surface area contributed by atoms with Gasteiger partial charge in [-0.15, -0.1) is 0 Å². The number of furan rings is 1. The summed E-state index contributed by atoms with van der Waals surface area (Å²) in [4.78, 5) is 11.4. The van der Waals surface area contributed by atoms with Gasteiger partial charge in [0.2, 0.25) is 0 Å². The van der Waals surface area contributed by atoms with E-state index in [9.17, 15) is 4.79 Å². The number of hydrogen-bond acceptors (Lipinski definition) is 2. The quantitative estimate of drug-likeness (QED) is 0.854. The largest absolute Gasteiger partial charge is 0.459 e. The fourth-order valence-corrected chi connectivity index (χ4v) is 1.60. The Hall–Kier alpha value is -1.97. The summed E-state index contributed by atoms with van der Waals surface area (Å²) in [6.07, 6.45) is 0. The molecule has 0 saturated heterocycles. The van der Waals surface area contributed by atoms with E-state index in [2.05, 4.69) is 10.6 Å². The van der Waals surface area contributed by atoms with Crippen molar-refractivity contribution in [3.8, 4) is 0 Å². The zero-order valence-electron chi connectivity index (χ0n) is 9.99. The molecule has 0 bridgehead atoms. The van der Waals surface area contributed by atoms with Crippen LogP contribution in [0.3, 0.4) is 0 Å². The number of amides is 2. The van der Waals surface area contributed by atoms with Gasteiger partial charge < -0.3 is 15.1 Å². The van der Waals surface area contributed by atoms with Crippen LogP contribution in [-0.4, -0.2) is 12.1 Å². The highest BCUT2D eigenvalue weighted by molar-refractivity contribution is 5.78. The van der Waals surface area contributed by atoms with E-state index >= 15 is 0 Å². The third-order valence-corrected chi connectivity index (χ3v) is 2.32. The summed E-state index contributed by atoms with van der Waals surface area (Å²) in [6.45, 7) is 4.23. The standard InChI is InChI=1S/C13H16N2O2/c1-9(2)15-13(16)14-8-11-7-10-5-3-4-6-12(10)17-11/h3-7,9H,8H2,1-2H3,(H2,14,15,16). The number of nitrogens with one attached hydrogen (secondary N) is 2. The minimum atomic E-state index is -0.180. The molecule has 0 aliphatic rings. The molecule has 0 unspecified atom stereocenters. The lowest BCUT2D eigenvalue weighted by Crippen LogP contribution is -2.38. The molecule has 4 heteroatoms. The van der Waals surface area contributed by atoms with Crippen LogP contribution in [0.25, 0.3) is 11.0 Å². The van der Waals surface area contributed by atoms with E-state index in [1.807, 2.05) is 44.2 Å². The molecule has 0 saturated carbocycles. The van der Waals surface area contributed by atoms with Crippen LogP contribution in [0.2, 0.25) is 0 Å². The molecule has 2 rings (SSSR count). The maximum absolute atomic E-state index is 11.4. The highest BCUT2D eigenvalue weighted by Gasteiger charge is 2.05. The van der Waals surface area contributed by atoms with Crippen LogP contribution in [-0.2, 0) is 6.54 Å². The molecule has 1 aromatic heterocycles. The molecular formula is C13H16N2O2. The summed E-state index contributed by atoms with van der Waals surface area (Å²) in [7, 11) is 0. The van der Waals surface area contributed by atoms with Crippen LogP contribution in [0.4, 0.5) is 4.79 Å². The molecule has 1 heterocycles. The Morgan fingerprint density at radius 2 is 2.12 bits per heavy atom. The molecule has 1 aromatic carbocycles. The van der Waals surface area contributed by atoms with E-state index in [1.54, 1.807) is 0 Å². The Labute approximate surface area is 100.0 Å². The second-order valence-corrected chi connectivity index (χ2v) is 4.23. The summed E-state index contributed by atoms with van der Waals surface area (Å²) >= 11 is 0. The highest BCUT2D eigenvalue weighted by atomic mass is 16.3. The number of rotatable bonds is 3. The fraction of sp³-hybridized carbons (Fsp3) is 0.308. The maximum Gasteiger partial charge on any atom is 0.315 e. The Morgan fingerprint density at radius 3 is 2.82 bits per heavy atom. The first kappa shape index (κ1) is 11.5. The number of fused-ring (bicyclic) bond motifs is 1. The second-order valence-electron chi connectivity index (χ2n) is 4.23. The topological polar surface area (TPSA) is 54.3 Å². The number of carbonyl (C=O) groups excluding carboxylic acids is 1. The van der Waals surface area contributed by atoms with Crippen molar-refractivity contribution in [2.24, 2.45) is 0 Å². The van der Waals surface area contributed by atoms with E-state index in [0.29, 0.717) is 6.54 Å². The van der Waals surface area contributed by atoms with Crippen molar-refractivity contribution < 1.29 is 9.21 Å². The normalized spacial score (nSPS) is 10.8. The van der Waals surface area contributed by atoms with Crippen LogP contribution in [0.1, 0.15) is 19.6 Å². The molecular weight excluding hydrogens is 216 g/mol. The molecule has 0 spiro atoms. The first-order valence-electron chi connectivity index (χ1n) is 5.67. The molecule has 2 amide bonds. The fourth-order valence-electron chi connectivity index (χ4n) is 1.60. The minimum absolute atomic E-state index is 0.130. The molecule has 4 nitrogen and oxygen atoms in total. The lowest BCUT2D eigenvalue weighted by Gasteiger charge is -2.08. The van der Waals surface area contributed by atoms with Gasteiger partial charge in [-0.3, -0.25) is 0 Å². The lowest BCUT2D eigenvalue weighted by molar-refractivity contribution is 0.237. The number of benzene rings is 1. The third kappa shape index (κ3) is 3.00. The second kappa shape index (κ2) is 4.91. The van der Waals surface area contributed by atoms with Crippen molar-refractivity contribution >= 4 is 17.0 Å². The van der Waals surface area contributed by atoms with Gasteiger partial charge in [-0.2, -0.15) is 0 Å². The molecule has 0 radical (unpaired) electrons. The average molecular weight is 232 g/mol. The van der Waals surface area contributed by atoms with Gasteiger partial charge in [0.05, 0.1) is 6.54 Å². The molecule has 17 heavy (non-hydrogen) atoms. The van der Waals surface area contributed by atoms with Gasteiger partial charge in [0.1, 0.15) is 11.3 Å². The number of para-hydroxylation sites is 1. The zero-order valence-corrected chi connectivity index (χ0v) is 9.99. The number of hydrogen-bond donors (Lipinski definition) is 2. The molecule has 0 aliphatic carbocycles. The van der Waals surface area contributed by atoms with Gasteiger partial charge in [0, 0.05) is 11.4 Å². The third-order valence-electron chi connectivity index (χ3n) is 2.32. The molecule has 0 atom stereocenters. The van der Waals surface area contributed by atoms with Crippen molar-refractivity contribution in [2.75, 3.05) is 0 Å². The summed E-state index contributed by atoms with van der Waals surface area (Å²) in [5.41, 5.74) is 0.841. The van der Waals surface area contributed by atoms with E-state index < -0.39 is 0 Å². The van der Waals surface area contributed by atoms with E-state index in [1.165, 1.54) is 0 Å². The monoisotopic (exact) mass is 232 g/mol. The summed E-state index contributed by atoms with van der Waals surface area (Å²) in [5.74, 6) is 0.755. The smallest absolute Gasteiger partial charge is 0.315 e. The van der Waals surface area contributed by atoms with Crippen LogP contribution in [0, 0.1) is 0 Å². The highest BCUT2D eigenvalue weighted by Crippen LogP contribution is 2.18. The van der Waals surface area contributed by atoms with Crippen molar-refractivity contribution in [1.29, 1.82) is 0 Å². The first-order chi connectivity index (χ1) is 8.15. The van der Waals surface area contributed by atoms with Crippen molar-refractivity contribution in [3.05, 3.63) is 36.1 Å². The summed E-state index contributed by atoms with van der Waals surface area (Å²) in [5, 5.41) is 6.55. The number of urea groups is 1. The average Bonchev–Trinajstić information content (AvgIpc) is 2.68. The molecule has 2 aromatic rings. The van der Waals surface area contributed by atoms with Gasteiger partial charge in [-0.25, -0.2) is 4.79 Å². The first-order valence-corrected chi connectivity index (χ1v) is 5.67. The zero-order chi connectivity index (χ0) is 12.3. The predicted molar refractivity (Wildman–Crippen MR) is 66.7 cm³/mol. The van der Waals surface area contributed by atoms with Crippen LogP contribution < -0.4 is 10.6 Å². The van der Waals surface area contributed by atoms with E-state index in [-0.39, 0.29) is 12.1 Å². The van der Waals surface area contributed by atoms with Crippen molar-refractivity contribution in [1.82, 2.24) is 10.6 Å². The van der Waals surface area contributed by atoms with Crippen LogP contribution in [0.15, 0.2) is 34.7 Å². The Bertz CT molecular complexity index is 484. The molecule has 0 fully saturated rings. The van der Waals surface area contributed by atoms with Gasteiger partial charge >= 0.3 is 6.03 Å². The van der Waals surface area contributed by atoms with Gasteiger partial charge in [-0.1, -0.05) is 18.2 Å².